The van der Waals surface area contributed by atoms with Crippen molar-refractivity contribution in [3.63, 3.8) is 0 Å². The quantitative estimate of drug-likeness (QED) is 0.440. The normalized spacial score (nSPS) is 13.7. The molecular weight excluding hydrogens is 214 g/mol. The number of nitrogens with two attached hydrogens (primary N) is 1. The lowest BCUT2D eigenvalue weighted by molar-refractivity contribution is -0.138. The van der Waals surface area contributed by atoms with Crippen LogP contribution in [-0.4, -0.2) is 42.0 Å². The molecule has 0 unspecified atom stereocenters. The summed E-state index contributed by atoms with van der Waals surface area (Å²) in [5.41, 5.74) is 5.32. The zero-order valence-corrected chi connectivity index (χ0v) is 9.32. The highest BCUT2D eigenvalue weighted by Crippen LogP contribution is 1.98. The molecule has 0 spiro atoms. The maximum atomic E-state index is 11.3. The van der Waals surface area contributed by atoms with E-state index >= 15 is 0 Å². The van der Waals surface area contributed by atoms with Crippen LogP contribution in [0, 0.1) is 0 Å². The molecule has 92 valence electrons. The number of amides is 2. The second-order valence-electron chi connectivity index (χ2n) is 3.40. The van der Waals surface area contributed by atoms with Crippen LogP contribution in [0.4, 0.5) is 0 Å². The first-order valence-electron chi connectivity index (χ1n) is 4.87. The largest absolute Gasteiger partial charge is 0.481 e. The Balaban J connectivity index is 4.37. The Morgan fingerprint density at radius 1 is 1.31 bits per heavy atom. The predicted molar refractivity (Wildman–Crippen MR) is 56.5 cm³/mol. The van der Waals surface area contributed by atoms with Crippen LogP contribution in [0.15, 0.2) is 0 Å². The van der Waals surface area contributed by atoms with Crippen molar-refractivity contribution < 1.29 is 19.5 Å². The molecule has 0 aromatic rings. The van der Waals surface area contributed by atoms with Gasteiger partial charge >= 0.3 is 5.97 Å². The van der Waals surface area contributed by atoms with Gasteiger partial charge in [0.15, 0.2) is 0 Å². The summed E-state index contributed by atoms with van der Waals surface area (Å²) in [4.78, 5) is 32.9. The lowest BCUT2D eigenvalue weighted by Gasteiger charge is -2.17. The van der Waals surface area contributed by atoms with Crippen molar-refractivity contribution in [2.75, 3.05) is 7.05 Å². The third kappa shape index (κ3) is 5.30. The zero-order chi connectivity index (χ0) is 12.7. The topological polar surface area (TPSA) is 122 Å². The van der Waals surface area contributed by atoms with Crippen LogP contribution in [0.3, 0.4) is 0 Å². The number of aliphatic carboxylic acids is 1. The Morgan fingerprint density at radius 3 is 2.25 bits per heavy atom. The van der Waals surface area contributed by atoms with E-state index < -0.39 is 29.9 Å². The number of nitrogens with one attached hydrogen (secondary N) is 2. The Kier molecular flexibility index (Phi) is 6.09. The zero-order valence-electron chi connectivity index (χ0n) is 9.32. The van der Waals surface area contributed by atoms with Gasteiger partial charge in [0, 0.05) is 13.5 Å². The fourth-order valence-corrected chi connectivity index (χ4v) is 1.01. The van der Waals surface area contributed by atoms with Crippen molar-refractivity contribution >= 4 is 17.8 Å². The monoisotopic (exact) mass is 231 g/mol. The summed E-state index contributed by atoms with van der Waals surface area (Å²) in [6, 6.07) is -1.60. The fraction of sp³-hybridized carbons (Fsp3) is 0.667. The van der Waals surface area contributed by atoms with E-state index in [0.717, 1.165) is 0 Å². The lowest BCUT2D eigenvalue weighted by Crippen LogP contribution is -2.50. The first-order chi connectivity index (χ1) is 7.38. The molecule has 0 aliphatic rings. The van der Waals surface area contributed by atoms with E-state index in [-0.39, 0.29) is 12.8 Å². The average Bonchev–Trinajstić information content (AvgIpc) is 2.22. The second kappa shape index (κ2) is 6.78. The maximum absolute atomic E-state index is 11.3. The van der Waals surface area contributed by atoms with Gasteiger partial charge in [0.05, 0.1) is 6.04 Å². The summed E-state index contributed by atoms with van der Waals surface area (Å²) in [5.74, 6) is -1.95. The molecule has 0 aromatic carbocycles. The summed E-state index contributed by atoms with van der Waals surface area (Å²) >= 11 is 0. The Hall–Kier alpha value is -1.63. The Bertz CT molecular complexity index is 278. The number of carbonyl (C=O) groups is 3. The van der Waals surface area contributed by atoms with Crippen molar-refractivity contribution in [3.05, 3.63) is 0 Å². The van der Waals surface area contributed by atoms with Crippen molar-refractivity contribution in [1.82, 2.24) is 10.6 Å². The number of rotatable bonds is 6. The smallest absolute Gasteiger partial charge is 0.303 e. The first kappa shape index (κ1) is 14.4. The number of hydrogen-bond acceptors (Lipinski definition) is 4. The predicted octanol–water partition coefficient (Wildman–Crippen LogP) is -1.57. The lowest BCUT2D eigenvalue weighted by atomic mass is 10.1. The standard InChI is InChI=1S/C9H17N3O4/c1-5(10)8(15)12-6(9(16)11-2)3-4-7(13)14/h5-6H,3-4,10H2,1-2H3,(H,11,16)(H,12,15)(H,13,14)/t5-,6+/m0/s1. The van der Waals surface area contributed by atoms with E-state index in [1.54, 1.807) is 0 Å². The summed E-state index contributed by atoms with van der Waals surface area (Å²) < 4.78 is 0. The molecule has 16 heavy (non-hydrogen) atoms. The van der Waals surface area contributed by atoms with Gasteiger partial charge in [-0.2, -0.15) is 0 Å². The third-order valence-corrected chi connectivity index (χ3v) is 1.94. The molecule has 7 heteroatoms. The molecule has 0 rings (SSSR count). The Labute approximate surface area is 93.4 Å². The summed E-state index contributed by atoms with van der Waals surface area (Å²) in [5, 5.41) is 13.2. The third-order valence-electron chi connectivity index (χ3n) is 1.94. The van der Waals surface area contributed by atoms with Gasteiger partial charge in [-0.15, -0.1) is 0 Å². The molecule has 5 N–H and O–H groups in total. The molecule has 0 saturated carbocycles. The molecule has 0 radical (unpaired) electrons. The number of carbonyl (C=O) groups excluding carboxylic acids is 2. The van der Waals surface area contributed by atoms with Gasteiger partial charge in [-0.05, 0) is 13.3 Å². The molecular formula is C9H17N3O4. The molecule has 2 amide bonds. The van der Waals surface area contributed by atoms with Gasteiger partial charge in [-0.1, -0.05) is 0 Å². The van der Waals surface area contributed by atoms with Gasteiger partial charge in [0.25, 0.3) is 0 Å². The summed E-state index contributed by atoms with van der Waals surface area (Å²) in [7, 11) is 1.41. The van der Waals surface area contributed by atoms with Gasteiger partial charge in [-0.25, -0.2) is 0 Å². The van der Waals surface area contributed by atoms with Crippen LogP contribution in [0.5, 0.6) is 0 Å². The molecule has 0 heterocycles. The van der Waals surface area contributed by atoms with Crippen LogP contribution < -0.4 is 16.4 Å². The molecule has 0 aliphatic carbocycles. The van der Waals surface area contributed by atoms with E-state index in [1.165, 1.54) is 14.0 Å². The van der Waals surface area contributed by atoms with Gasteiger partial charge in [-0.3, -0.25) is 14.4 Å². The Morgan fingerprint density at radius 2 is 1.88 bits per heavy atom. The SMILES string of the molecule is CNC(=O)[C@@H](CCC(=O)O)NC(=O)[C@H](C)N. The molecule has 0 aromatic heterocycles. The van der Waals surface area contributed by atoms with Gasteiger partial charge < -0.3 is 21.5 Å². The maximum Gasteiger partial charge on any atom is 0.303 e. The number of carboxylic acid groups (broad SMARTS) is 1. The van der Waals surface area contributed by atoms with Crippen LogP contribution in [0.25, 0.3) is 0 Å². The van der Waals surface area contributed by atoms with Crippen molar-refractivity contribution in [3.8, 4) is 0 Å². The van der Waals surface area contributed by atoms with E-state index in [4.69, 9.17) is 10.8 Å². The van der Waals surface area contributed by atoms with Crippen molar-refractivity contribution in [2.24, 2.45) is 5.73 Å². The van der Waals surface area contributed by atoms with Crippen molar-refractivity contribution in [1.29, 1.82) is 0 Å². The molecule has 7 nitrogen and oxygen atoms in total. The molecule has 2 atom stereocenters. The minimum absolute atomic E-state index is 0.0352. The average molecular weight is 231 g/mol. The minimum Gasteiger partial charge on any atom is -0.481 e. The second-order valence-corrected chi connectivity index (χ2v) is 3.40. The summed E-state index contributed by atoms with van der Waals surface area (Å²) in [6.07, 6.45) is -0.162. The van der Waals surface area contributed by atoms with Crippen LogP contribution in [-0.2, 0) is 14.4 Å². The van der Waals surface area contributed by atoms with Gasteiger partial charge in [0.1, 0.15) is 6.04 Å². The molecule has 0 aliphatic heterocycles. The number of hydrogen-bond donors (Lipinski definition) is 4. The van der Waals surface area contributed by atoms with E-state index in [2.05, 4.69) is 10.6 Å². The van der Waals surface area contributed by atoms with E-state index in [9.17, 15) is 14.4 Å². The highest BCUT2D eigenvalue weighted by atomic mass is 16.4. The number of likely N-dealkylation sites (N-methyl/N-ethyl adjacent to an activating group) is 1. The molecule has 0 fully saturated rings. The summed E-state index contributed by atoms with van der Waals surface area (Å²) in [6.45, 7) is 1.48. The van der Waals surface area contributed by atoms with Crippen LogP contribution in [0.1, 0.15) is 19.8 Å². The van der Waals surface area contributed by atoms with Crippen molar-refractivity contribution in [2.45, 2.75) is 31.8 Å². The highest BCUT2D eigenvalue weighted by Gasteiger charge is 2.21. The minimum atomic E-state index is -1.02. The highest BCUT2D eigenvalue weighted by molar-refractivity contribution is 5.89. The number of carboxylic acids is 1. The van der Waals surface area contributed by atoms with Gasteiger partial charge in [0.2, 0.25) is 11.8 Å². The first-order valence-corrected chi connectivity index (χ1v) is 4.87. The van der Waals surface area contributed by atoms with E-state index in [1.807, 2.05) is 0 Å². The van der Waals surface area contributed by atoms with Crippen LogP contribution >= 0.6 is 0 Å². The molecule has 0 saturated heterocycles. The van der Waals surface area contributed by atoms with Crippen LogP contribution in [0.2, 0.25) is 0 Å². The fourth-order valence-electron chi connectivity index (χ4n) is 1.01. The van der Waals surface area contributed by atoms with E-state index in [0.29, 0.717) is 0 Å². The molecule has 0 bridgehead atoms.